The van der Waals surface area contributed by atoms with Gasteiger partial charge in [0.15, 0.2) is 0 Å². The van der Waals surface area contributed by atoms with Gasteiger partial charge in [0.1, 0.15) is 12.4 Å². The Labute approximate surface area is 180 Å². The van der Waals surface area contributed by atoms with Crippen LogP contribution in [0.2, 0.25) is 0 Å². The summed E-state index contributed by atoms with van der Waals surface area (Å²) < 4.78 is 11.3. The molecule has 4 rings (SSSR count). The molecule has 3 aromatic carbocycles. The van der Waals surface area contributed by atoms with Crippen LogP contribution in [0.25, 0.3) is 10.8 Å². The second kappa shape index (κ2) is 8.92. The number of urea groups is 1. The number of amides is 2. The van der Waals surface area contributed by atoms with Crippen molar-refractivity contribution >= 4 is 22.8 Å². The fourth-order valence-corrected chi connectivity index (χ4v) is 3.90. The number of hydrogen-bond acceptors (Lipinski definition) is 4. The molecule has 0 saturated heterocycles. The maximum Gasteiger partial charge on any atom is 0.337 e. The number of nitrogens with one attached hydrogen (secondary N) is 2. The van der Waals surface area contributed by atoms with Crippen LogP contribution in [-0.2, 0) is 16.1 Å². The Hall–Kier alpha value is -3.80. The van der Waals surface area contributed by atoms with Crippen LogP contribution in [0, 0.1) is 0 Å². The first kappa shape index (κ1) is 20.5. The number of esters is 1. The molecule has 6 nitrogen and oxygen atoms in total. The predicted molar refractivity (Wildman–Crippen MR) is 118 cm³/mol. The lowest BCUT2D eigenvalue weighted by Crippen LogP contribution is -2.46. The smallest absolute Gasteiger partial charge is 0.337 e. The van der Waals surface area contributed by atoms with Crippen molar-refractivity contribution < 1.29 is 19.1 Å². The maximum absolute atomic E-state index is 12.7. The van der Waals surface area contributed by atoms with Gasteiger partial charge in [0.05, 0.1) is 18.7 Å². The summed E-state index contributed by atoms with van der Waals surface area (Å²) in [5.41, 5.74) is 2.68. The molecule has 0 aliphatic carbocycles. The molecule has 0 aromatic heterocycles. The van der Waals surface area contributed by atoms with Gasteiger partial charge in [0.25, 0.3) is 0 Å². The van der Waals surface area contributed by atoms with E-state index in [-0.39, 0.29) is 6.03 Å². The molecule has 0 fully saturated rings. The van der Waals surface area contributed by atoms with Crippen LogP contribution in [0.5, 0.6) is 5.75 Å². The van der Waals surface area contributed by atoms with E-state index in [1.54, 1.807) is 0 Å². The molecule has 2 N–H and O–H groups in total. The molecule has 2 amide bonds. The fraction of sp³-hybridized carbons (Fsp3) is 0.200. The number of fused-ring (bicyclic) bond motifs is 1. The van der Waals surface area contributed by atoms with Gasteiger partial charge < -0.3 is 20.1 Å². The molecule has 1 unspecified atom stereocenters. The van der Waals surface area contributed by atoms with Crippen LogP contribution in [0.1, 0.15) is 30.5 Å². The van der Waals surface area contributed by atoms with E-state index >= 15 is 0 Å². The van der Waals surface area contributed by atoms with Crippen molar-refractivity contribution in [2.75, 3.05) is 7.11 Å². The molecule has 0 bridgehead atoms. The average Bonchev–Trinajstić information content (AvgIpc) is 2.81. The van der Waals surface area contributed by atoms with Gasteiger partial charge in [0, 0.05) is 11.3 Å². The molecule has 0 radical (unpaired) electrons. The topological polar surface area (TPSA) is 76.7 Å². The standard InChI is InChI=1S/C25H24N2O4/c1-3-19-22(24(28)30-2)23(27-25(29)26-19)21-18-12-8-7-11-17(18)13-14-20(21)31-15-16-9-5-4-6-10-16/h4-14,23H,3,15H2,1-2H3,(H2,26,27,29). The van der Waals surface area contributed by atoms with Gasteiger partial charge in [-0.15, -0.1) is 0 Å². The monoisotopic (exact) mass is 416 g/mol. The Morgan fingerprint density at radius 1 is 1.00 bits per heavy atom. The van der Waals surface area contributed by atoms with Gasteiger partial charge in [-0.05, 0) is 28.8 Å². The van der Waals surface area contributed by atoms with Gasteiger partial charge in [-0.2, -0.15) is 0 Å². The Morgan fingerprint density at radius 3 is 2.48 bits per heavy atom. The molecule has 0 saturated carbocycles. The zero-order valence-electron chi connectivity index (χ0n) is 17.5. The van der Waals surface area contributed by atoms with E-state index in [1.165, 1.54) is 7.11 Å². The van der Waals surface area contributed by atoms with Crippen molar-refractivity contribution in [1.29, 1.82) is 0 Å². The predicted octanol–water partition coefficient (Wildman–Crippen LogP) is 4.61. The first-order chi connectivity index (χ1) is 15.1. The van der Waals surface area contributed by atoms with Crippen molar-refractivity contribution in [3.63, 3.8) is 0 Å². The largest absolute Gasteiger partial charge is 0.489 e. The number of rotatable bonds is 6. The Balaban J connectivity index is 1.87. The van der Waals surface area contributed by atoms with Crippen molar-refractivity contribution in [2.45, 2.75) is 26.0 Å². The van der Waals surface area contributed by atoms with E-state index in [2.05, 4.69) is 10.6 Å². The summed E-state index contributed by atoms with van der Waals surface area (Å²) >= 11 is 0. The third-order valence-electron chi connectivity index (χ3n) is 5.37. The quantitative estimate of drug-likeness (QED) is 0.576. The lowest BCUT2D eigenvalue weighted by atomic mass is 9.90. The molecule has 6 heteroatoms. The molecular formula is C25H24N2O4. The number of ether oxygens (including phenoxy) is 2. The lowest BCUT2D eigenvalue weighted by molar-refractivity contribution is -0.136. The Bertz CT molecular complexity index is 1150. The minimum absolute atomic E-state index is 0.364. The number of methoxy groups -OCH3 is 1. The van der Waals surface area contributed by atoms with Crippen molar-refractivity contribution in [1.82, 2.24) is 10.6 Å². The first-order valence-electron chi connectivity index (χ1n) is 10.2. The normalized spacial score (nSPS) is 15.9. The van der Waals surface area contributed by atoms with E-state index in [1.807, 2.05) is 73.7 Å². The SMILES string of the molecule is CCC1=C(C(=O)OC)C(c2c(OCc3ccccc3)ccc3ccccc23)NC(=O)N1. The van der Waals surface area contributed by atoms with E-state index < -0.39 is 12.0 Å². The highest BCUT2D eigenvalue weighted by Crippen LogP contribution is 2.39. The minimum Gasteiger partial charge on any atom is -0.489 e. The van der Waals surface area contributed by atoms with Crippen molar-refractivity contribution in [3.05, 3.63) is 89.1 Å². The molecule has 1 atom stereocenters. The van der Waals surface area contributed by atoms with Crippen molar-refractivity contribution in [3.8, 4) is 5.75 Å². The van der Waals surface area contributed by atoms with E-state index in [9.17, 15) is 9.59 Å². The van der Waals surface area contributed by atoms with Crippen LogP contribution in [-0.4, -0.2) is 19.1 Å². The van der Waals surface area contributed by atoms with E-state index in [4.69, 9.17) is 9.47 Å². The highest BCUT2D eigenvalue weighted by Gasteiger charge is 2.35. The number of carbonyl (C=O) groups excluding carboxylic acids is 2. The van der Waals surface area contributed by atoms with Gasteiger partial charge in [0.2, 0.25) is 0 Å². The summed E-state index contributed by atoms with van der Waals surface area (Å²) in [6, 6.07) is 20.5. The molecule has 158 valence electrons. The highest BCUT2D eigenvalue weighted by atomic mass is 16.5. The Morgan fingerprint density at radius 2 is 1.74 bits per heavy atom. The summed E-state index contributed by atoms with van der Waals surface area (Å²) in [5.74, 6) is 0.114. The number of allylic oxidation sites excluding steroid dienone is 1. The zero-order valence-corrected chi connectivity index (χ0v) is 17.5. The first-order valence-corrected chi connectivity index (χ1v) is 10.2. The van der Waals surface area contributed by atoms with Crippen molar-refractivity contribution in [2.24, 2.45) is 0 Å². The second-order valence-corrected chi connectivity index (χ2v) is 7.24. The van der Waals surface area contributed by atoms with Gasteiger partial charge in [-0.25, -0.2) is 9.59 Å². The van der Waals surface area contributed by atoms with Gasteiger partial charge >= 0.3 is 12.0 Å². The fourth-order valence-electron chi connectivity index (χ4n) is 3.90. The second-order valence-electron chi connectivity index (χ2n) is 7.24. The summed E-state index contributed by atoms with van der Waals surface area (Å²) in [4.78, 5) is 25.2. The van der Waals surface area contributed by atoms with E-state index in [0.29, 0.717) is 30.0 Å². The highest BCUT2D eigenvalue weighted by molar-refractivity contribution is 5.98. The number of benzene rings is 3. The Kier molecular flexibility index (Phi) is 5.89. The molecular weight excluding hydrogens is 392 g/mol. The van der Waals surface area contributed by atoms with Gasteiger partial charge in [-0.1, -0.05) is 67.6 Å². The molecule has 3 aromatic rings. The molecule has 1 aliphatic heterocycles. The third kappa shape index (κ3) is 4.10. The van der Waals surface area contributed by atoms with Crippen LogP contribution in [0.15, 0.2) is 78.0 Å². The number of hydrogen-bond donors (Lipinski definition) is 2. The average molecular weight is 416 g/mol. The molecule has 1 aliphatic rings. The van der Waals surface area contributed by atoms with Gasteiger partial charge in [-0.3, -0.25) is 0 Å². The molecule has 1 heterocycles. The van der Waals surface area contributed by atoms with E-state index in [0.717, 1.165) is 21.9 Å². The summed E-state index contributed by atoms with van der Waals surface area (Å²) in [6.07, 6.45) is 0.485. The zero-order chi connectivity index (χ0) is 21.8. The van der Waals surface area contributed by atoms with Crippen LogP contribution >= 0.6 is 0 Å². The lowest BCUT2D eigenvalue weighted by Gasteiger charge is -2.30. The third-order valence-corrected chi connectivity index (χ3v) is 5.37. The number of carbonyl (C=O) groups is 2. The molecule has 0 spiro atoms. The van der Waals surface area contributed by atoms with Crippen LogP contribution < -0.4 is 15.4 Å². The maximum atomic E-state index is 12.7. The summed E-state index contributed by atoms with van der Waals surface area (Å²) in [6.45, 7) is 2.25. The van der Waals surface area contributed by atoms with Crippen LogP contribution in [0.3, 0.4) is 0 Å². The summed E-state index contributed by atoms with van der Waals surface area (Å²) in [7, 11) is 1.34. The molecule has 31 heavy (non-hydrogen) atoms. The van der Waals surface area contributed by atoms with Crippen LogP contribution in [0.4, 0.5) is 4.79 Å². The minimum atomic E-state index is -0.701. The summed E-state index contributed by atoms with van der Waals surface area (Å²) in [5, 5.41) is 7.53.